The van der Waals surface area contributed by atoms with Crippen LogP contribution in [-0.4, -0.2) is 36.9 Å². The molecule has 2 N–H and O–H groups in total. The van der Waals surface area contributed by atoms with Gasteiger partial charge in [-0.15, -0.1) is 0 Å². The summed E-state index contributed by atoms with van der Waals surface area (Å²) in [6.07, 6.45) is 6.65. The molecule has 0 amide bonds. The molecule has 8 nitrogen and oxygen atoms in total. The fraction of sp³-hybridized carbons (Fsp3) is 0.440. The zero-order valence-electron chi connectivity index (χ0n) is 19.9. The summed E-state index contributed by atoms with van der Waals surface area (Å²) in [6.45, 7) is 6.19. The Bertz CT molecular complexity index is 1200. The summed E-state index contributed by atoms with van der Waals surface area (Å²) in [5.41, 5.74) is 0.573. The van der Waals surface area contributed by atoms with Crippen molar-refractivity contribution in [2.75, 3.05) is 5.32 Å². The van der Waals surface area contributed by atoms with Crippen molar-refractivity contribution in [3.63, 3.8) is 0 Å². The zero-order valence-corrected chi connectivity index (χ0v) is 20.7. The number of benzene rings is 1. The Morgan fingerprint density at radius 3 is 2.83 bits per heavy atom. The number of aromatic nitrogens is 4. The maximum absolute atomic E-state index is 14.3. The lowest BCUT2D eigenvalue weighted by molar-refractivity contribution is -0.147. The third-order valence-electron chi connectivity index (χ3n) is 6.12. The molecule has 1 aromatic carbocycles. The van der Waals surface area contributed by atoms with Crippen molar-refractivity contribution in [1.82, 2.24) is 19.7 Å². The average Bonchev–Trinajstić information content (AvgIpc) is 3.27. The van der Waals surface area contributed by atoms with Gasteiger partial charge in [0.2, 0.25) is 0 Å². The van der Waals surface area contributed by atoms with Crippen molar-refractivity contribution < 1.29 is 19.0 Å². The van der Waals surface area contributed by atoms with Gasteiger partial charge in [-0.05, 0) is 64.5 Å². The van der Waals surface area contributed by atoms with Gasteiger partial charge in [-0.1, -0.05) is 17.7 Å². The van der Waals surface area contributed by atoms with Gasteiger partial charge >= 0.3 is 5.97 Å². The first-order valence-corrected chi connectivity index (χ1v) is 12.0. The number of ether oxygens (including phenoxy) is 1. The molecule has 3 aromatic rings. The highest BCUT2D eigenvalue weighted by Gasteiger charge is 2.37. The number of hydrogen-bond acceptors (Lipinski definition) is 6. The van der Waals surface area contributed by atoms with Crippen molar-refractivity contribution in [3.8, 4) is 5.75 Å². The van der Waals surface area contributed by atoms with E-state index in [1.54, 1.807) is 24.7 Å². The highest BCUT2D eigenvalue weighted by atomic mass is 35.5. The predicted octanol–water partition coefficient (Wildman–Crippen LogP) is 5.46. The molecule has 0 aliphatic heterocycles. The maximum atomic E-state index is 14.3. The normalized spacial score (nSPS) is 20.4. The number of carbonyl (C=O) groups is 1. The standard InChI is InChI=1S/C25H29ClFN5O3/c1-25(2,3)32-22(9-10-29-32)31-21-14-28-13-16(30-21)11-15-7-8-19(17(12-15)24(33)34)35-20-6-4-5-18(26)23(20)27/h4-6,9-10,13-15,17,19H,7-8,11-12H2,1-3H3,(H,30,31)(H,33,34). The van der Waals surface area contributed by atoms with Crippen molar-refractivity contribution in [2.45, 2.75) is 58.1 Å². The second-order valence-electron chi connectivity index (χ2n) is 9.86. The van der Waals surface area contributed by atoms with E-state index in [0.29, 0.717) is 25.1 Å². The van der Waals surface area contributed by atoms with Crippen LogP contribution in [0.4, 0.5) is 16.0 Å². The molecule has 35 heavy (non-hydrogen) atoms. The second kappa shape index (κ2) is 10.2. The lowest BCUT2D eigenvalue weighted by atomic mass is 9.77. The number of carboxylic acids is 1. The quantitative estimate of drug-likeness (QED) is 0.443. The maximum Gasteiger partial charge on any atom is 0.310 e. The van der Waals surface area contributed by atoms with Gasteiger partial charge in [-0.2, -0.15) is 5.10 Å². The number of anilines is 2. The van der Waals surface area contributed by atoms with Crippen molar-refractivity contribution >= 4 is 29.2 Å². The van der Waals surface area contributed by atoms with Crippen LogP contribution in [0, 0.1) is 17.7 Å². The SMILES string of the molecule is CC(C)(C)n1nccc1Nc1cncc(CC2CCC(Oc3cccc(Cl)c3F)C(C(=O)O)C2)n1. The second-order valence-corrected chi connectivity index (χ2v) is 10.3. The number of halogens is 2. The van der Waals surface area contributed by atoms with Crippen LogP contribution in [0.15, 0.2) is 42.9 Å². The number of nitrogens with one attached hydrogen (secondary N) is 1. The first kappa shape index (κ1) is 24.9. The van der Waals surface area contributed by atoms with Gasteiger partial charge in [0.1, 0.15) is 17.7 Å². The van der Waals surface area contributed by atoms with Gasteiger partial charge in [0.25, 0.3) is 0 Å². The Morgan fingerprint density at radius 2 is 2.09 bits per heavy atom. The summed E-state index contributed by atoms with van der Waals surface area (Å²) in [5.74, 6) is -0.928. The summed E-state index contributed by atoms with van der Waals surface area (Å²) in [4.78, 5) is 21.0. The van der Waals surface area contributed by atoms with Crippen LogP contribution < -0.4 is 10.1 Å². The molecule has 3 unspecified atom stereocenters. The summed E-state index contributed by atoms with van der Waals surface area (Å²) < 4.78 is 21.9. The van der Waals surface area contributed by atoms with Crippen LogP contribution in [0.25, 0.3) is 0 Å². The Hall–Kier alpha value is -3.20. The number of rotatable bonds is 7. The number of carboxylic acid groups (broad SMARTS) is 1. The van der Waals surface area contributed by atoms with E-state index in [1.165, 1.54) is 12.1 Å². The number of hydrogen-bond donors (Lipinski definition) is 2. The minimum absolute atomic E-state index is 0.0219. The van der Waals surface area contributed by atoms with Gasteiger partial charge < -0.3 is 15.2 Å². The molecule has 0 bridgehead atoms. The third kappa shape index (κ3) is 5.90. The first-order valence-electron chi connectivity index (χ1n) is 11.6. The molecule has 0 spiro atoms. The van der Waals surface area contributed by atoms with Crippen molar-refractivity contribution in [3.05, 3.63) is 59.4 Å². The van der Waals surface area contributed by atoms with Crippen LogP contribution in [0.2, 0.25) is 5.02 Å². The molecule has 4 rings (SSSR count). The Labute approximate surface area is 208 Å². The largest absolute Gasteiger partial charge is 0.486 e. The summed E-state index contributed by atoms with van der Waals surface area (Å²) in [7, 11) is 0. The van der Waals surface area contributed by atoms with E-state index in [0.717, 1.165) is 17.9 Å². The summed E-state index contributed by atoms with van der Waals surface area (Å²) in [6, 6.07) is 6.35. The molecule has 1 saturated carbocycles. The molecule has 0 radical (unpaired) electrons. The van der Waals surface area contributed by atoms with Crippen molar-refractivity contribution in [1.29, 1.82) is 0 Å². The third-order valence-corrected chi connectivity index (χ3v) is 6.42. The van der Waals surface area contributed by atoms with Gasteiger partial charge in [0.15, 0.2) is 11.6 Å². The monoisotopic (exact) mass is 501 g/mol. The molecule has 2 heterocycles. The molecular formula is C25H29ClFN5O3. The highest BCUT2D eigenvalue weighted by Crippen LogP contribution is 2.36. The van der Waals surface area contributed by atoms with Crippen LogP contribution in [0.1, 0.15) is 45.7 Å². The van der Waals surface area contributed by atoms with E-state index in [2.05, 4.69) is 41.2 Å². The van der Waals surface area contributed by atoms with Crippen molar-refractivity contribution in [2.24, 2.45) is 11.8 Å². The molecular weight excluding hydrogens is 473 g/mol. The minimum Gasteiger partial charge on any atom is -0.486 e. The van der Waals surface area contributed by atoms with Gasteiger partial charge in [-0.3, -0.25) is 9.78 Å². The molecule has 1 aliphatic carbocycles. The lowest BCUT2D eigenvalue weighted by Gasteiger charge is -2.34. The first-order chi connectivity index (χ1) is 16.6. The highest BCUT2D eigenvalue weighted by molar-refractivity contribution is 6.30. The molecule has 3 atom stereocenters. The van der Waals surface area contributed by atoms with Crippen LogP contribution in [-0.2, 0) is 16.8 Å². The average molecular weight is 502 g/mol. The Kier molecular flexibility index (Phi) is 7.25. The topological polar surface area (TPSA) is 102 Å². The van der Waals surface area contributed by atoms with Gasteiger partial charge in [0.05, 0.1) is 34.6 Å². The summed E-state index contributed by atoms with van der Waals surface area (Å²) in [5, 5.41) is 17.4. The predicted molar refractivity (Wildman–Crippen MR) is 131 cm³/mol. The van der Waals surface area contributed by atoms with E-state index < -0.39 is 23.8 Å². The minimum atomic E-state index is -0.959. The zero-order chi connectivity index (χ0) is 25.2. The van der Waals surface area contributed by atoms with Crippen LogP contribution in [0.5, 0.6) is 5.75 Å². The Morgan fingerprint density at radius 1 is 1.29 bits per heavy atom. The van der Waals surface area contributed by atoms with Crippen LogP contribution >= 0.6 is 11.6 Å². The molecule has 2 aromatic heterocycles. The van der Waals surface area contributed by atoms with E-state index in [-0.39, 0.29) is 22.2 Å². The molecule has 186 valence electrons. The van der Waals surface area contributed by atoms with Gasteiger partial charge in [-0.25, -0.2) is 14.1 Å². The van der Waals surface area contributed by atoms with Crippen LogP contribution in [0.3, 0.4) is 0 Å². The fourth-order valence-corrected chi connectivity index (χ4v) is 4.64. The smallest absolute Gasteiger partial charge is 0.310 e. The van der Waals surface area contributed by atoms with E-state index in [1.807, 2.05) is 10.7 Å². The van der Waals surface area contributed by atoms with Gasteiger partial charge in [0, 0.05) is 12.3 Å². The molecule has 1 aliphatic rings. The number of aliphatic carboxylic acids is 1. The number of nitrogens with zero attached hydrogens (tertiary/aromatic N) is 4. The molecule has 10 heteroatoms. The molecule has 1 fully saturated rings. The summed E-state index contributed by atoms with van der Waals surface area (Å²) >= 11 is 5.84. The van der Waals surface area contributed by atoms with E-state index in [9.17, 15) is 14.3 Å². The fourth-order valence-electron chi connectivity index (χ4n) is 4.48. The van der Waals surface area contributed by atoms with E-state index in [4.69, 9.17) is 16.3 Å². The molecule has 0 saturated heterocycles. The van der Waals surface area contributed by atoms with E-state index >= 15 is 0 Å². The Balaban J connectivity index is 1.43. The lowest BCUT2D eigenvalue weighted by Crippen LogP contribution is -2.39.